The number of thioether (sulfide) groups is 2. The number of hydrogen-bond acceptors (Lipinski definition) is 2. The molecule has 2 heteroatoms. The maximum atomic E-state index is 2.25. The fourth-order valence-corrected chi connectivity index (χ4v) is 4.27. The monoisotopic (exact) mass is 210 g/mol. The van der Waals surface area contributed by atoms with E-state index in [0.29, 0.717) is 4.58 Å². The molecule has 0 unspecified atom stereocenters. The Morgan fingerprint density at radius 1 is 0.923 bits per heavy atom. The van der Waals surface area contributed by atoms with Crippen LogP contribution in [0.4, 0.5) is 0 Å². The van der Waals surface area contributed by atoms with Gasteiger partial charge < -0.3 is 0 Å². The average molecular weight is 210 g/mol. The molecule has 13 heavy (non-hydrogen) atoms. The summed E-state index contributed by atoms with van der Waals surface area (Å²) in [5.74, 6) is 2.65. The first kappa shape index (κ1) is 9.47. The third kappa shape index (κ3) is 2.68. The highest BCUT2D eigenvalue weighted by molar-refractivity contribution is 8.16. The van der Waals surface area contributed by atoms with Gasteiger partial charge in [-0.1, -0.05) is 30.3 Å². The zero-order valence-corrected chi connectivity index (χ0v) is 9.24. The van der Waals surface area contributed by atoms with E-state index in [0.717, 1.165) is 0 Å². The van der Waals surface area contributed by atoms with E-state index in [-0.39, 0.29) is 0 Å². The highest BCUT2D eigenvalue weighted by Gasteiger charge is 2.14. The van der Waals surface area contributed by atoms with Gasteiger partial charge in [-0.3, -0.25) is 0 Å². The molecule has 0 aromatic heterocycles. The average Bonchev–Trinajstić information content (AvgIpc) is 2.47. The van der Waals surface area contributed by atoms with Gasteiger partial charge in [0.15, 0.2) is 0 Å². The molecule has 0 saturated carbocycles. The summed E-state index contributed by atoms with van der Waals surface area (Å²) in [4.78, 5) is 0. The van der Waals surface area contributed by atoms with Crippen LogP contribution < -0.4 is 0 Å². The van der Waals surface area contributed by atoms with Crippen LogP contribution in [-0.2, 0) is 0 Å². The highest BCUT2D eigenvalue weighted by atomic mass is 32.2. The molecule has 1 aromatic rings. The molecular weight excluding hydrogens is 196 g/mol. The van der Waals surface area contributed by atoms with Crippen molar-refractivity contribution in [2.75, 3.05) is 11.5 Å². The summed E-state index contributed by atoms with van der Waals surface area (Å²) in [6.07, 6.45) is 2.78. The normalized spacial score (nSPS) is 19.7. The third-order valence-electron chi connectivity index (χ3n) is 2.15. The fraction of sp³-hybridized carbons (Fsp3) is 0.455. The van der Waals surface area contributed by atoms with Gasteiger partial charge in [0.2, 0.25) is 0 Å². The van der Waals surface area contributed by atoms with Crippen molar-refractivity contribution in [1.82, 2.24) is 0 Å². The largest absolute Gasteiger partial charge is 0.143 e. The van der Waals surface area contributed by atoms with Crippen molar-refractivity contribution in [2.45, 2.75) is 17.4 Å². The Morgan fingerprint density at radius 3 is 2.15 bits per heavy atom. The zero-order chi connectivity index (χ0) is 8.93. The van der Waals surface area contributed by atoms with Gasteiger partial charge in [-0.2, -0.15) is 0 Å². The second kappa shape index (κ2) is 4.97. The van der Waals surface area contributed by atoms with Crippen molar-refractivity contribution in [1.29, 1.82) is 0 Å². The SMILES string of the molecule is c1ccc(C2SCCCCS2)cc1. The maximum Gasteiger partial charge on any atom is 0.0751 e. The van der Waals surface area contributed by atoms with Crippen LogP contribution in [0.3, 0.4) is 0 Å². The molecule has 1 saturated heterocycles. The van der Waals surface area contributed by atoms with Gasteiger partial charge in [0.25, 0.3) is 0 Å². The summed E-state index contributed by atoms with van der Waals surface area (Å²) < 4.78 is 0.684. The number of rotatable bonds is 1. The Morgan fingerprint density at radius 2 is 1.54 bits per heavy atom. The Bertz CT molecular complexity index is 238. The Kier molecular flexibility index (Phi) is 3.62. The number of benzene rings is 1. The lowest BCUT2D eigenvalue weighted by Gasteiger charge is -2.12. The van der Waals surface area contributed by atoms with Crippen molar-refractivity contribution < 1.29 is 0 Å². The van der Waals surface area contributed by atoms with Crippen molar-refractivity contribution >= 4 is 23.5 Å². The fourth-order valence-electron chi connectivity index (χ4n) is 1.44. The van der Waals surface area contributed by atoms with Crippen molar-refractivity contribution in [3.8, 4) is 0 Å². The lowest BCUT2D eigenvalue weighted by atomic mass is 10.2. The van der Waals surface area contributed by atoms with E-state index in [1.165, 1.54) is 29.9 Å². The lowest BCUT2D eigenvalue weighted by molar-refractivity contribution is 0.912. The molecule has 0 nitrogen and oxygen atoms in total. The molecule has 0 N–H and O–H groups in total. The minimum Gasteiger partial charge on any atom is -0.143 e. The summed E-state index contributed by atoms with van der Waals surface area (Å²) >= 11 is 4.20. The Hall–Kier alpha value is -0.0800. The van der Waals surface area contributed by atoms with Crippen LogP contribution in [0.2, 0.25) is 0 Å². The minimum absolute atomic E-state index is 0.684. The molecule has 0 radical (unpaired) electrons. The zero-order valence-electron chi connectivity index (χ0n) is 7.61. The molecule has 2 rings (SSSR count). The van der Waals surface area contributed by atoms with Crippen LogP contribution in [-0.4, -0.2) is 11.5 Å². The van der Waals surface area contributed by atoms with Crippen molar-refractivity contribution in [2.24, 2.45) is 0 Å². The Labute approximate surface area is 88.5 Å². The minimum atomic E-state index is 0.684. The van der Waals surface area contributed by atoms with E-state index in [1.54, 1.807) is 0 Å². The molecule has 1 aromatic carbocycles. The van der Waals surface area contributed by atoms with Crippen LogP contribution >= 0.6 is 23.5 Å². The van der Waals surface area contributed by atoms with E-state index >= 15 is 0 Å². The van der Waals surface area contributed by atoms with E-state index in [1.807, 2.05) is 0 Å². The smallest absolute Gasteiger partial charge is 0.0751 e. The first-order valence-electron chi connectivity index (χ1n) is 4.75. The summed E-state index contributed by atoms with van der Waals surface area (Å²) in [7, 11) is 0. The summed E-state index contributed by atoms with van der Waals surface area (Å²) in [5, 5.41) is 0. The van der Waals surface area contributed by atoms with Gasteiger partial charge >= 0.3 is 0 Å². The highest BCUT2D eigenvalue weighted by Crippen LogP contribution is 2.42. The van der Waals surface area contributed by atoms with Gasteiger partial charge in [-0.25, -0.2) is 0 Å². The summed E-state index contributed by atoms with van der Waals surface area (Å²) in [6, 6.07) is 10.9. The molecule has 0 spiro atoms. The topological polar surface area (TPSA) is 0 Å². The molecule has 1 heterocycles. The molecule has 1 aliphatic heterocycles. The van der Waals surface area contributed by atoms with Crippen molar-refractivity contribution in [3.63, 3.8) is 0 Å². The molecule has 0 atom stereocenters. The second-order valence-electron chi connectivity index (χ2n) is 3.19. The van der Waals surface area contributed by atoms with E-state index < -0.39 is 0 Å². The third-order valence-corrected chi connectivity index (χ3v) is 5.16. The van der Waals surface area contributed by atoms with Gasteiger partial charge in [-0.05, 0) is 29.9 Å². The van der Waals surface area contributed by atoms with Gasteiger partial charge in [0.1, 0.15) is 0 Å². The molecule has 1 aliphatic rings. The maximum absolute atomic E-state index is 2.25. The quantitative estimate of drug-likeness (QED) is 0.688. The van der Waals surface area contributed by atoms with Gasteiger partial charge in [0.05, 0.1) is 4.58 Å². The van der Waals surface area contributed by atoms with Crippen LogP contribution in [0.25, 0.3) is 0 Å². The van der Waals surface area contributed by atoms with Crippen LogP contribution in [0.15, 0.2) is 30.3 Å². The standard InChI is InChI=1S/C11H14S2/c1-2-6-10(7-3-1)11-12-8-4-5-9-13-11/h1-3,6-7,11H,4-5,8-9H2. The molecular formula is C11H14S2. The molecule has 70 valence electrons. The van der Waals surface area contributed by atoms with E-state index in [9.17, 15) is 0 Å². The first-order valence-corrected chi connectivity index (χ1v) is 6.85. The predicted octanol–water partition coefficient (Wildman–Crippen LogP) is 3.95. The van der Waals surface area contributed by atoms with Gasteiger partial charge in [0, 0.05) is 0 Å². The van der Waals surface area contributed by atoms with Crippen LogP contribution in [0, 0.1) is 0 Å². The van der Waals surface area contributed by atoms with E-state index in [2.05, 4.69) is 53.9 Å². The summed E-state index contributed by atoms with van der Waals surface area (Å²) in [5.41, 5.74) is 1.49. The molecule has 1 fully saturated rings. The molecule has 0 aliphatic carbocycles. The lowest BCUT2D eigenvalue weighted by Crippen LogP contribution is -1.87. The Balaban J connectivity index is 2.06. The first-order chi connectivity index (χ1) is 6.47. The van der Waals surface area contributed by atoms with Gasteiger partial charge in [-0.15, -0.1) is 23.5 Å². The number of hydrogen-bond donors (Lipinski definition) is 0. The molecule has 0 amide bonds. The second-order valence-corrected chi connectivity index (χ2v) is 5.92. The van der Waals surface area contributed by atoms with Crippen molar-refractivity contribution in [3.05, 3.63) is 35.9 Å². The summed E-state index contributed by atoms with van der Waals surface area (Å²) in [6.45, 7) is 0. The predicted molar refractivity (Wildman–Crippen MR) is 63.3 cm³/mol. The van der Waals surface area contributed by atoms with Crippen LogP contribution in [0.5, 0.6) is 0 Å². The van der Waals surface area contributed by atoms with E-state index in [4.69, 9.17) is 0 Å². The van der Waals surface area contributed by atoms with Crippen LogP contribution in [0.1, 0.15) is 23.0 Å². The molecule has 0 bridgehead atoms.